The van der Waals surface area contributed by atoms with E-state index in [0.29, 0.717) is 12.3 Å². The minimum atomic E-state index is 0.0947. The Morgan fingerprint density at radius 1 is 1.35 bits per heavy atom. The minimum Gasteiger partial charge on any atom is -0.385 e. The maximum Gasteiger partial charge on any atom is 0.228 e. The van der Waals surface area contributed by atoms with Gasteiger partial charge in [0.2, 0.25) is 5.91 Å². The van der Waals surface area contributed by atoms with Gasteiger partial charge in [-0.2, -0.15) is 0 Å². The highest BCUT2D eigenvalue weighted by atomic mass is 16.1. The third kappa shape index (κ3) is 1.82. The van der Waals surface area contributed by atoms with Gasteiger partial charge in [-0.05, 0) is 24.0 Å². The Kier molecular flexibility index (Phi) is 2.39. The number of allylic oxidation sites excluding steroid dienone is 1. The Labute approximate surface area is 101 Å². The summed E-state index contributed by atoms with van der Waals surface area (Å²) in [6.45, 7) is 3.25. The lowest BCUT2D eigenvalue weighted by atomic mass is 9.96. The molecule has 0 radical (unpaired) electrons. The summed E-state index contributed by atoms with van der Waals surface area (Å²) in [6.07, 6.45) is 3.85. The molecule has 2 heterocycles. The fourth-order valence-electron chi connectivity index (χ4n) is 2.47. The van der Waals surface area contributed by atoms with Crippen LogP contribution in [-0.4, -0.2) is 12.5 Å². The van der Waals surface area contributed by atoms with Crippen LogP contribution in [0.5, 0.6) is 0 Å². The molecule has 17 heavy (non-hydrogen) atoms. The molecule has 88 valence electrons. The second kappa shape index (κ2) is 3.91. The van der Waals surface area contributed by atoms with Crippen LogP contribution in [0.15, 0.2) is 24.3 Å². The van der Waals surface area contributed by atoms with Crippen LogP contribution in [0.3, 0.4) is 0 Å². The summed E-state index contributed by atoms with van der Waals surface area (Å²) < 4.78 is 0. The van der Waals surface area contributed by atoms with Crippen molar-refractivity contribution in [1.29, 1.82) is 0 Å². The molecule has 0 saturated heterocycles. The molecule has 0 aromatic heterocycles. The Morgan fingerprint density at radius 3 is 3.00 bits per heavy atom. The van der Waals surface area contributed by atoms with Gasteiger partial charge >= 0.3 is 0 Å². The number of carbonyl (C=O) groups excluding carboxylic acids is 1. The van der Waals surface area contributed by atoms with Gasteiger partial charge in [-0.15, -0.1) is 0 Å². The van der Waals surface area contributed by atoms with E-state index in [1.165, 1.54) is 11.3 Å². The van der Waals surface area contributed by atoms with Crippen LogP contribution in [0.4, 0.5) is 5.69 Å². The molecule has 1 amide bonds. The van der Waals surface area contributed by atoms with Crippen molar-refractivity contribution in [3.05, 3.63) is 35.4 Å². The van der Waals surface area contributed by atoms with Gasteiger partial charge in [-0.3, -0.25) is 4.79 Å². The third-order valence-electron chi connectivity index (χ3n) is 3.44. The van der Waals surface area contributed by atoms with Gasteiger partial charge in [-0.1, -0.05) is 25.1 Å². The van der Waals surface area contributed by atoms with Crippen LogP contribution in [0.25, 0.3) is 5.70 Å². The molecule has 1 aromatic carbocycles. The number of nitrogens with one attached hydrogen (secondary N) is 2. The number of benzene rings is 1. The zero-order chi connectivity index (χ0) is 11.8. The van der Waals surface area contributed by atoms with E-state index in [9.17, 15) is 4.79 Å². The summed E-state index contributed by atoms with van der Waals surface area (Å²) >= 11 is 0. The van der Waals surface area contributed by atoms with Gasteiger partial charge < -0.3 is 10.6 Å². The number of carbonyl (C=O) groups is 1. The Balaban J connectivity index is 2.00. The lowest BCUT2D eigenvalue weighted by Gasteiger charge is -2.22. The summed E-state index contributed by atoms with van der Waals surface area (Å²) in [7, 11) is 0. The molecule has 0 bridgehead atoms. The minimum absolute atomic E-state index is 0.0947. The molecule has 0 fully saturated rings. The molecule has 3 rings (SSSR count). The molecule has 1 unspecified atom stereocenters. The first kappa shape index (κ1) is 10.4. The molecule has 3 heteroatoms. The van der Waals surface area contributed by atoms with E-state index in [-0.39, 0.29) is 5.91 Å². The maximum atomic E-state index is 11.4. The van der Waals surface area contributed by atoms with Gasteiger partial charge in [-0.25, -0.2) is 0 Å². The lowest BCUT2D eigenvalue weighted by molar-refractivity contribution is -0.115. The number of rotatable bonds is 1. The van der Waals surface area contributed by atoms with E-state index >= 15 is 0 Å². The molecule has 0 aliphatic carbocycles. The number of anilines is 1. The Bertz CT molecular complexity index is 505. The van der Waals surface area contributed by atoms with Crippen molar-refractivity contribution in [1.82, 2.24) is 5.32 Å². The van der Waals surface area contributed by atoms with Gasteiger partial charge in [0.15, 0.2) is 0 Å². The summed E-state index contributed by atoms with van der Waals surface area (Å²) in [5, 5.41) is 6.34. The number of fused-ring (bicyclic) bond motifs is 1. The topological polar surface area (TPSA) is 41.1 Å². The van der Waals surface area contributed by atoms with Crippen molar-refractivity contribution in [3.8, 4) is 0 Å². The standard InChI is InChI=1S/C14H16N2O/c1-9-5-6-12(15-8-9)10-3-2-4-13-11(10)7-14(17)16-13/h2-4,6,9,15H,5,7-8H2,1H3,(H,16,17). The lowest BCUT2D eigenvalue weighted by Crippen LogP contribution is -2.24. The average Bonchev–Trinajstić information content (AvgIpc) is 2.70. The highest BCUT2D eigenvalue weighted by Crippen LogP contribution is 2.31. The summed E-state index contributed by atoms with van der Waals surface area (Å²) in [4.78, 5) is 11.4. The smallest absolute Gasteiger partial charge is 0.228 e. The van der Waals surface area contributed by atoms with E-state index in [1.54, 1.807) is 0 Å². The molecule has 2 N–H and O–H groups in total. The van der Waals surface area contributed by atoms with Gasteiger partial charge in [0.05, 0.1) is 6.42 Å². The van der Waals surface area contributed by atoms with Crippen molar-refractivity contribution >= 4 is 17.3 Å². The van der Waals surface area contributed by atoms with Crippen LogP contribution in [0, 0.1) is 5.92 Å². The number of amides is 1. The average molecular weight is 228 g/mol. The molecule has 1 aromatic rings. The predicted octanol–water partition coefficient (Wildman–Crippen LogP) is 2.15. The van der Waals surface area contributed by atoms with E-state index in [1.807, 2.05) is 12.1 Å². The summed E-state index contributed by atoms with van der Waals surface area (Å²) in [6, 6.07) is 6.06. The third-order valence-corrected chi connectivity index (χ3v) is 3.44. The monoisotopic (exact) mass is 228 g/mol. The quantitative estimate of drug-likeness (QED) is 0.773. The van der Waals surface area contributed by atoms with Gasteiger partial charge in [0.25, 0.3) is 0 Å². The van der Waals surface area contributed by atoms with Gasteiger partial charge in [0.1, 0.15) is 0 Å². The molecule has 3 nitrogen and oxygen atoms in total. The van der Waals surface area contributed by atoms with E-state index in [4.69, 9.17) is 0 Å². The van der Waals surface area contributed by atoms with Crippen molar-refractivity contribution in [2.45, 2.75) is 19.8 Å². The van der Waals surface area contributed by atoms with Crippen LogP contribution in [-0.2, 0) is 11.2 Å². The number of hydrogen-bond acceptors (Lipinski definition) is 2. The van der Waals surface area contributed by atoms with Crippen LogP contribution < -0.4 is 10.6 Å². The second-order valence-electron chi connectivity index (χ2n) is 4.90. The van der Waals surface area contributed by atoms with E-state index in [2.05, 4.69) is 29.7 Å². The van der Waals surface area contributed by atoms with Crippen molar-refractivity contribution in [2.75, 3.05) is 11.9 Å². The molecular weight excluding hydrogens is 212 g/mol. The SMILES string of the molecule is CC1CC=C(c2cccc3c2CC(=O)N3)NC1. The number of hydrogen-bond donors (Lipinski definition) is 2. The fraction of sp³-hybridized carbons (Fsp3) is 0.357. The zero-order valence-electron chi connectivity index (χ0n) is 9.92. The van der Waals surface area contributed by atoms with E-state index < -0.39 is 0 Å². The molecule has 0 saturated carbocycles. The first-order valence-corrected chi connectivity index (χ1v) is 6.10. The van der Waals surface area contributed by atoms with Crippen molar-refractivity contribution in [3.63, 3.8) is 0 Å². The largest absolute Gasteiger partial charge is 0.385 e. The van der Waals surface area contributed by atoms with Crippen LogP contribution in [0.1, 0.15) is 24.5 Å². The second-order valence-corrected chi connectivity index (χ2v) is 4.90. The van der Waals surface area contributed by atoms with Gasteiger partial charge in [0, 0.05) is 23.5 Å². The molecular formula is C14H16N2O. The summed E-state index contributed by atoms with van der Waals surface area (Å²) in [5.41, 5.74) is 4.45. The molecule has 2 aliphatic rings. The first-order valence-electron chi connectivity index (χ1n) is 6.10. The first-order chi connectivity index (χ1) is 8.24. The molecule has 1 atom stereocenters. The molecule has 0 spiro atoms. The normalized spacial score (nSPS) is 22.5. The van der Waals surface area contributed by atoms with E-state index in [0.717, 1.165) is 24.2 Å². The van der Waals surface area contributed by atoms with Crippen LogP contribution >= 0.6 is 0 Å². The van der Waals surface area contributed by atoms with Crippen LogP contribution in [0.2, 0.25) is 0 Å². The highest BCUT2D eigenvalue weighted by Gasteiger charge is 2.22. The summed E-state index contributed by atoms with van der Waals surface area (Å²) in [5.74, 6) is 0.785. The predicted molar refractivity (Wildman–Crippen MR) is 68.5 cm³/mol. The Morgan fingerprint density at radius 2 is 2.24 bits per heavy atom. The van der Waals surface area contributed by atoms with Crippen molar-refractivity contribution < 1.29 is 4.79 Å². The Hall–Kier alpha value is -1.77. The zero-order valence-corrected chi connectivity index (χ0v) is 9.92. The maximum absolute atomic E-state index is 11.4. The molecule has 2 aliphatic heterocycles. The van der Waals surface area contributed by atoms with Crippen molar-refractivity contribution in [2.24, 2.45) is 5.92 Å². The highest BCUT2D eigenvalue weighted by molar-refractivity contribution is 6.00. The fourth-order valence-corrected chi connectivity index (χ4v) is 2.47.